The van der Waals surface area contributed by atoms with Gasteiger partial charge in [-0.25, -0.2) is 0 Å². The monoisotopic (exact) mass is 226 g/mol. The van der Waals surface area contributed by atoms with Gasteiger partial charge >= 0.3 is 5.97 Å². The lowest BCUT2D eigenvalue weighted by atomic mass is 10.1. The van der Waals surface area contributed by atoms with E-state index in [-0.39, 0.29) is 5.97 Å². The van der Waals surface area contributed by atoms with Crippen molar-refractivity contribution in [2.75, 3.05) is 6.61 Å². The smallest absolute Gasteiger partial charge is 0.305 e. The Morgan fingerprint density at radius 1 is 1.12 bits per heavy atom. The van der Waals surface area contributed by atoms with E-state index >= 15 is 0 Å². The van der Waals surface area contributed by atoms with Gasteiger partial charge in [-0.05, 0) is 24.7 Å². The van der Waals surface area contributed by atoms with Crippen LogP contribution in [0.15, 0.2) is 0 Å². The van der Waals surface area contributed by atoms with Gasteiger partial charge in [-0.1, -0.05) is 46.0 Å². The largest absolute Gasteiger partial charge is 0.465 e. The number of hydrogen-bond donors (Lipinski definition) is 0. The Kier molecular flexibility index (Phi) is 6.51. The minimum absolute atomic E-state index is 0.0147. The van der Waals surface area contributed by atoms with Gasteiger partial charge in [0.25, 0.3) is 0 Å². The zero-order valence-electron chi connectivity index (χ0n) is 10.8. The topological polar surface area (TPSA) is 26.3 Å². The quantitative estimate of drug-likeness (QED) is 0.440. The van der Waals surface area contributed by atoms with Gasteiger partial charge in [-0.15, -0.1) is 0 Å². The summed E-state index contributed by atoms with van der Waals surface area (Å²) in [6.07, 6.45) is 9.50. The first-order chi connectivity index (χ1) is 7.77. The Balaban J connectivity index is 1.92. The molecule has 0 bridgehead atoms. The fourth-order valence-electron chi connectivity index (χ4n) is 2.18. The molecule has 16 heavy (non-hydrogen) atoms. The highest BCUT2D eigenvalue weighted by atomic mass is 16.5. The number of hydrogen-bond acceptors (Lipinski definition) is 2. The molecule has 1 aliphatic carbocycles. The van der Waals surface area contributed by atoms with Crippen LogP contribution in [0.4, 0.5) is 0 Å². The second kappa shape index (κ2) is 7.70. The van der Waals surface area contributed by atoms with Crippen LogP contribution in [0.1, 0.15) is 65.2 Å². The molecule has 0 aromatic carbocycles. The van der Waals surface area contributed by atoms with Crippen LogP contribution in [0.5, 0.6) is 0 Å². The molecule has 0 aromatic heterocycles. The molecule has 0 aliphatic heterocycles. The second-order valence-corrected chi connectivity index (χ2v) is 5.04. The molecule has 1 aliphatic rings. The van der Waals surface area contributed by atoms with Crippen molar-refractivity contribution in [3.05, 3.63) is 0 Å². The summed E-state index contributed by atoms with van der Waals surface area (Å²) in [5.74, 6) is 1.52. The molecule has 0 heterocycles. The fraction of sp³-hybridized carbons (Fsp3) is 0.929. The van der Waals surface area contributed by atoms with Crippen molar-refractivity contribution in [1.82, 2.24) is 0 Å². The first-order valence-corrected chi connectivity index (χ1v) is 6.93. The third-order valence-electron chi connectivity index (χ3n) is 3.41. The molecule has 2 atom stereocenters. The summed E-state index contributed by atoms with van der Waals surface area (Å²) in [6, 6.07) is 0. The number of carbonyl (C=O) groups excluding carboxylic acids is 1. The standard InChI is InChI=1S/C14H26O2/c1-3-5-6-7-9-12-10-13(12)11-16-14(15)8-4-2/h12-13H,3-11H2,1-2H3. The van der Waals surface area contributed by atoms with Gasteiger partial charge in [0.2, 0.25) is 0 Å². The van der Waals surface area contributed by atoms with Gasteiger partial charge < -0.3 is 4.74 Å². The van der Waals surface area contributed by atoms with Crippen molar-refractivity contribution in [1.29, 1.82) is 0 Å². The van der Waals surface area contributed by atoms with E-state index in [0.29, 0.717) is 18.9 Å². The van der Waals surface area contributed by atoms with Crippen molar-refractivity contribution in [3.63, 3.8) is 0 Å². The van der Waals surface area contributed by atoms with Crippen molar-refractivity contribution in [3.8, 4) is 0 Å². The summed E-state index contributed by atoms with van der Waals surface area (Å²) >= 11 is 0. The van der Waals surface area contributed by atoms with Gasteiger partial charge in [0.1, 0.15) is 0 Å². The third-order valence-corrected chi connectivity index (χ3v) is 3.41. The van der Waals surface area contributed by atoms with E-state index in [1.54, 1.807) is 0 Å². The summed E-state index contributed by atoms with van der Waals surface area (Å²) in [5, 5.41) is 0. The van der Waals surface area contributed by atoms with Crippen LogP contribution in [0.3, 0.4) is 0 Å². The molecular formula is C14H26O2. The zero-order valence-corrected chi connectivity index (χ0v) is 10.8. The van der Waals surface area contributed by atoms with E-state index in [4.69, 9.17) is 4.74 Å². The lowest BCUT2D eigenvalue weighted by Gasteiger charge is -2.03. The summed E-state index contributed by atoms with van der Waals surface area (Å²) in [4.78, 5) is 11.2. The van der Waals surface area contributed by atoms with Crippen molar-refractivity contribution < 1.29 is 9.53 Å². The third kappa shape index (κ3) is 5.53. The van der Waals surface area contributed by atoms with Crippen molar-refractivity contribution >= 4 is 5.97 Å². The highest BCUT2D eigenvalue weighted by molar-refractivity contribution is 5.69. The van der Waals surface area contributed by atoms with Crippen LogP contribution in [0.25, 0.3) is 0 Å². The molecule has 0 aromatic rings. The minimum atomic E-state index is -0.0147. The average molecular weight is 226 g/mol. The van der Waals surface area contributed by atoms with E-state index in [1.165, 1.54) is 38.5 Å². The maximum Gasteiger partial charge on any atom is 0.305 e. The summed E-state index contributed by atoms with van der Waals surface area (Å²) in [7, 11) is 0. The molecule has 0 radical (unpaired) electrons. The first kappa shape index (κ1) is 13.5. The van der Waals surface area contributed by atoms with Gasteiger partial charge in [-0.2, -0.15) is 0 Å². The van der Waals surface area contributed by atoms with Crippen LogP contribution < -0.4 is 0 Å². The van der Waals surface area contributed by atoms with E-state index in [9.17, 15) is 4.79 Å². The fourth-order valence-corrected chi connectivity index (χ4v) is 2.18. The van der Waals surface area contributed by atoms with E-state index < -0.39 is 0 Å². The van der Waals surface area contributed by atoms with E-state index in [0.717, 1.165) is 12.3 Å². The zero-order chi connectivity index (χ0) is 11.8. The molecule has 0 amide bonds. The number of unbranched alkanes of at least 4 members (excludes halogenated alkanes) is 3. The number of esters is 1. The molecule has 94 valence electrons. The van der Waals surface area contributed by atoms with Crippen molar-refractivity contribution in [2.24, 2.45) is 11.8 Å². The van der Waals surface area contributed by atoms with Gasteiger partial charge in [0, 0.05) is 6.42 Å². The lowest BCUT2D eigenvalue weighted by Crippen LogP contribution is -2.07. The summed E-state index contributed by atoms with van der Waals surface area (Å²) in [5.41, 5.74) is 0. The maximum atomic E-state index is 11.2. The average Bonchev–Trinajstić information content (AvgIpc) is 3.01. The van der Waals surface area contributed by atoms with Crippen molar-refractivity contribution in [2.45, 2.75) is 65.2 Å². The first-order valence-electron chi connectivity index (χ1n) is 6.93. The second-order valence-electron chi connectivity index (χ2n) is 5.04. The normalized spacial score (nSPS) is 23.1. The number of ether oxygens (including phenoxy) is 1. The molecule has 2 nitrogen and oxygen atoms in total. The molecule has 0 saturated heterocycles. The Hall–Kier alpha value is -0.530. The highest BCUT2D eigenvalue weighted by Crippen LogP contribution is 2.42. The number of carbonyl (C=O) groups is 1. The molecular weight excluding hydrogens is 200 g/mol. The SMILES string of the molecule is CCCCCCC1CC1COC(=O)CCC. The molecule has 0 N–H and O–H groups in total. The van der Waals surface area contributed by atoms with E-state index in [1.807, 2.05) is 6.92 Å². The molecule has 1 saturated carbocycles. The summed E-state index contributed by atoms with van der Waals surface area (Å²) < 4.78 is 5.23. The maximum absolute atomic E-state index is 11.2. The van der Waals surface area contributed by atoms with Gasteiger partial charge in [0.05, 0.1) is 6.61 Å². The summed E-state index contributed by atoms with van der Waals surface area (Å²) in [6.45, 7) is 4.93. The van der Waals surface area contributed by atoms with E-state index in [2.05, 4.69) is 6.92 Å². The molecule has 1 rings (SSSR count). The predicted octanol–water partition coefficient (Wildman–Crippen LogP) is 3.94. The van der Waals surface area contributed by atoms with Crippen LogP contribution in [-0.2, 0) is 9.53 Å². The minimum Gasteiger partial charge on any atom is -0.465 e. The predicted molar refractivity (Wildman–Crippen MR) is 66.2 cm³/mol. The van der Waals surface area contributed by atoms with Gasteiger partial charge in [-0.3, -0.25) is 4.79 Å². The molecule has 0 spiro atoms. The molecule has 2 heteroatoms. The lowest BCUT2D eigenvalue weighted by molar-refractivity contribution is -0.144. The Morgan fingerprint density at radius 3 is 2.62 bits per heavy atom. The molecule has 2 unspecified atom stereocenters. The van der Waals surface area contributed by atoms with Gasteiger partial charge in [0.15, 0.2) is 0 Å². The van der Waals surface area contributed by atoms with Crippen LogP contribution in [0, 0.1) is 11.8 Å². The number of rotatable bonds is 9. The Labute approximate surface area is 99.8 Å². The van der Waals surface area contributed by atoms with Crippen LogP contribution in [-0.4, -0.2) is 12.6 Å². The molecule has 1 fully saturated rings. The van der Waals surface area contributed by atoms with Crippen LogP contribution >= 0.6 is 0 Å². The Morgan fingerprint density at radius 2 is 1.94 bits per heavy atom. The van der Waals surface area contributed by atoms with Crippen LogP contribution in [0.2, 0.25) is 0 Å². The highest BCUT2D eigenvalue weighted by Gasteiger charge is 2.36. The Bertz CT molecular complexity index is 201.